The zero-order valence-corrected chi connectivity index (χ0v) is 13.5. The summed E-state index contributed by atoms with van der Waals surface area (Å²) in [5, 5.41) is 4.04. The molecule has 0 bridgehead atoms. The van der Waals surface area contributed by atoms with Crippen LogP contribution in [0.25, 0.3) is 0 Å². The monoisotopic (exact) mass is 331 g/mol. The van der Waals surface area contributed by atoms with Crippen molar-refractivity contribution < 1.29 is 4.74 Å². The Morgan fingerprint density at radius 1 is 1.44 bits per heavy atom. The van der Waals surface area contributed by atoms with Gasteiger partial charge in [0.2, 0.25) is 0 Å². The van der Waals surface area contributed by atoms with Crippen LogP contribution in [0.5, 0.6) is 0 Å². The summed E-state index contributed by atoms with van der Waals surface area (Å²) in [6, 6.07) is 8.45. The molecule has 0 aliphatic carbocycles. The number of thioether (sulfide) groups is 1. The summed E-state index contributed by atoms with van der Waals surface area (Å²) >= 11 is 5.40. The summed E-state index contributed by atoms with van der Waals surface area (Å²) in [6.07, 6.45) is 1.09. The minimum Gasteiger partial charge on any atom is -0.382 e. The van der Waals surface area contributed by atoms with E-state index in [2.05, 4.69) is 52.4 Å². The zero-order valence-electron chi connectivity index (χ0n) is 11.1. The lowest BCUT2D eigenvalue weighted by Gasteiger charge is -2.12. The highest BCUT2D eigenvalue weighted by molar-refractivity contribution is 9.10. The van der Waals surface area contributed by atoms with Crippen LogP contribution in [0.15, 0.2) is 33.6 Å². The number of hydrogen-bond acceptors (Lipinski definition) is 3. The molecule has 1 unspecified atom stereocenters. The molecular formula is C14H22BrNOS. The van der Waals surface area contributed by atoms with Crippen molar-refractivity contribution in [2.75, 3.05) is 26.3 Å². The van der Waals surface area contributed by atoms with E-state index in [1.54, 1.807) is 0 Å². The maximum absolute atomic E-state index is 5.30. The molecule has 1 atom stereocenters. The van der Waals surface area contributed by atoms with Gasteiger partial charge in [-0.2, -0.15) is 0 Å². The van der Waals surface area contributed by atoms with Crippen molar-refractivity contribution in [1.29, 1.82) is 0 Å². The standard InChI is InChI=1S/C14H22BrNOS/c1-3-17-9-5-8-16-11-12(2)18-14-7-4-6-13(15)10-14/h4,6-7,10,12,16H,3,5,8-9,11H2,1-2H3. The number of halogens is 1. The molecule has 1 N–H and O–H groups in total. The van der Waals surface area contributed by atoms with Crippen molar-refractivity contribution in [3.8, 4) is 0 Å². The third-order valence-corrected chi connectivity index (χ3v) is 4.00. The molecule has 0 fully saturated rings. The fraction of sp³-hybridized carbons (Fsp3) is 0.571. The van der Waals surface area contributed by atoms with Crippen LogP contribution in [-0.2, 0) is 4.74 Å². The van der Waals surface area contributed by atoms with E-state index in [1.807, 2.05) is 18.7 Å². The van der Waals surface area contributed by atoms with Gasteiger partial charge in [0.25, 0.3) is 0 Å². The summed E-state index contributed by atoms with van der Waals surface area (Å²) in [5.74, 6) is 0. The van der Waals surface area contributed by atoms with Crippen LogP contribution >= 0.6 is 27.7 Å². The largest absolute Gasteiger partial charge is 0.382 e. The molecule has 4 heteroatoms. The summed E-state index contributed by atoms with van der Waals surface area (Å²) in [4.78, 5) is 1.31. The van der Waals surface area contributed by atoms with E-state index in [4.69, 9.17) is 4.74 Å². The minimum atomic E-state index is 0.575. The lowest BCUT2D eigenvalue weighted by atomic mass is 10.4. The van der Waals surface area contributed by atoms with Crippen LogP contribution in [0.2, 0.25) is 0 Å². The predicted molar refractivity (Wildman–Crippen MR) is 83.4 cm³/mol. The molecule has 102 valence electrons. The zero-order chi connectivity index (χ0) is 13.2. The van der Waals surface area contributed by atoms with Crippen molar-refractivity contribution >= 4 is 27.7 Å². The van der Waals surface area contributed by atoms with Gasteiger partial charge >= 0.3 is 0 Å². The Kier molecular flexibility index (Phi) is 8.76. The molecule has 0 aromatic heterocycles. The fourth-order valence-corrected chi connectivity index (χ4v) is 3.13. The number of ether oxygens (including phenoxy) is 1. The van der Waals surface area contributed by atoms with Crippen molar-refractivity contribution in [3.63, 3.8) is 0 Å². The van der Waals surface area contributed by atoms with Gasteiger partial charge in [-0.25, -0.2) is 0 Å². The van der Waals surface area contributed by atoms with Crippen molar-refractivity contribution in [1.82, 2.24) is 5.32 Å². The first-order valence-corrected chi connectivity index (χ1v) is 8.10. The number of hydrogen-bond donors (Lipinski definition) is 1. The Morgan fingerprint density at radius 3 is 3.00 bits per heavy atom. The van der Waals surface area contributed by atoms with Gasteiger partial charge in [0.15, 0.2) is 0 Å². The van der Waals surface area contributed by atoms with Gasteiger partial charge in [-0.15, -0.1) is 11.8 Å². The second-order valence-electron chi connectivity index (χ2n) is 4.14. The molecule has 1 aromatic rings. The highest BCUT2D eigenvalue weighted by Gasteiger charge is 2.04. The Morgan fingerprint density at radius 2 is 2.28 bits per heavy atom. The highest BCUT2D eigenvalue weighted by atomic mass is 79.9. The Hall–Kier alpha value is -0.0300. The summed E-state index contributed by atoms with van der Waals surface area (Å²) < 4.78 is 6.44. The molecule has 1 rings (SSSR count). The highest BCUT2D eigenvalue weighted by Crippen LogP contribution is 2.25. The summed E-state index contributed by atoms with van der Waals surface area (Å²) in [6.45, 7) is 8.02. The first-order chi connectivity index (χ1) is 8.72. The van der Waals surface area contributed by atoms with Gasteiger partial charge in [0.05, 0.1) is 0 Å². The van der Waals surface area contributed by atoms with E-state index in [0.29, 0.717) is 5.25 Å². The Labute approximate surface area is 123 Å². The van der Waals surface area contributed by atoms with Crippen LogP contribution in [0.4, 0.5) is 0 Å². The topological polar surface area (TPSA) is 21.3 Å². The SMILES string of the molecule is CCOCCCNCC(C)Sc1cccc(Br)c1. The van der Waals surface area contributed by atoms with Gasteiger partial charge in [-0.05, 0) is 38.1 Å². The van der Waals surface area contributed by atoms with E-state index >= 15 is 0 Å². The van der Waals surface area contributed by atoms with Crippen molar-refractivity contribution in [2.45, 2.75) is 30.4 Å². The first kappa shape index (κ1) is 16.0. The normalized spacial score (nSPS) is 12.6. The molecule has 2 nitrogen and oxygen atoms in total. The Balaban J connectivity index is 2.12. The van der Waals surface area contributed by atoms with Crippen LogP contribution < -0.4 is 5.32 Å². The van der Waals surface area contributed by atoms with E-state index in [0.717, 1.165) is 37.2 Å². The predicted octanol–water partition coefficient (Wildman–Crippen LogP) is 3.95. The molecule has 18 heavy (non-hydrogen) atoms. The summed E-state index contributed by atoms with van der Waals surface area (Å²) in [7, 11) is 0. The average molecular weight is 332 g/mol. The molecule has 0 saturated heterocycles. The van der Waals surface area contributed by atoms with Crippen LogP contribution in [0, 0.1) is 0 Å². The lowest BCUT2D eigenvalue weighted by molar-refractivity contribution is 0.145. The number of nitrogens with one attached hydrogen (secondary N) is 1. The van der Waals surface area contributed by atoms with E-state index in [-0.39, 0.29) is 0 Å². The van der Waals surface area contributed by atoms with Crippen molar-refractivity contribution in [3.05, 3.63) is 28.7 Å². The van der Waals surface area contributed by atoms with Gasteiger partial charge in [-0.1, -0.05) is 28.9 Å². The van der Waals surface area contributed by atoms with Crippen LogP contribution in [0.1, 0.15) is 20.3 Å². The van der Waals surface area contributed by atoms with Gasteiger partial charge in [-0.3, -0.25) is 0 Å². The van der Waals surface area contributed by atoms with Gasteiger partial charge in [0.1, 0.15) is 0 Å². The first-order valence-electron chi connectivity index (χ1n) is 6.43. The molecule has 0 heterocycles. The molecular weight excluding hydrogens is 310 g/mol. The average Bonchev–Trinajstić information content (AvgIpc) is 2.33. The maximum Gasteiger partial charge on any atom is 0.0477 e. The second kappa shape index (κ2) is 9.84. The van der Waals surface area contributed by atoms with Crippen LogP contribution in [0.3, 0.4) is 0 Å². The van der Waals surface area contributed by atoms with Gasteiger partial charge in [0, 0.05) is 34.4 Å². The molecule has 1 aromatic carbocycles. The molecule has 0 radical (unpaired) electrons. The van der Waals surface area contributed by atoms with Gasteiger partial charge < -0.3 is 10.1 Å². The third-order valence-electron chi connectivity index (χ3n) is 2.41. The number of rotatable bonds is 9. The number of benzene rings is 1. The van der Waals surface area contributed by atoms with E-state index in [1.165, 1.54) is 4.90 Å². The van der Waals surface area contributed by atoms with E-state index < -0.39 is 0 Å². The minimum absolute atomic E-state index is 0.575. The fourth-order valence-electron chi connectivity index (χ4n) is 1.56. The second-order valence-corrected chi connectivity index (χ2v) is 6.57. The third kappa shape index (κ3) is 7.41. The van der Waals surface area contributed by atoms with Crippen LogP contribution in [-0.4, -0.2) is 31.6 Å². The maximum atomic E-state index is 5.30. The summed E-state index contributed by atoms with van der Waals surface area (Å²) in [5.41, 5.74) is 0. The molecule has 0 aliphatic heterocycles. The molecule has 0 aliphatic rings. The smallest absolute Gasteiger partial charge is 0.0477 e. The van der Waals surface area contributed by atoms with Crippen molar-refractivity contribution in [2.24, 2.45) is 0 Å². The quantitative estimate of drug-likeness (QED) is 0.547. The molecule has 0 spiro atoms. The van der Waals surface area contributed by atoms with E-state index in [9.17, 15) is 0 Å². The molecule has 0 amide bonds. The Bertz CT molecular complexity index is 335. The lowest BCUT2D eigenvalue weighted by Crippen LogP contribution is -2.24. The molecule has 0 saturated carbocycles.